The van der Waals surface area contributed by atoms with E-state index in [-0.39, 0.29) is 58.2 Å². The van der Waals surface area contributed by atoms with Gasteiger partial charge in [-0.05, 0) is 91.5 Å². The van der Waals surface area contributed by atoms with Crippen LogP contribution in [-0.4, -0.2) is 89.6 Å². The number of unbranched alkanes of at least 4 members (excludes halogenated alkanes) is 2. The molecule has 312 valence electrons. The van der Waals surface area contributed by atoms with Gasteiger partial charge in [-0.25, -0.2) is 9.59 Å². The fourth-order valence-corrected chi connectivity index (χ4v) is 5.51. The lowest BCUT2D eigenvalue weighted by molar-refractivity contribution is -0.145. The fraction of sp³-hybridized carbons (Fsp3) is 0.488. The minimum Gasteiger partial charge on any atom is -0.489 e. The van der Waals surface area contributed by atoms with Crippen LogP contribution in [0, 0.1) is 0 Å². The molecule has 0 fully saturated rings. The Labute approximate surface area is 332 Å². The normalized spacial score (nSPS) is 11.9. The Morgan fingerprint density at radius 2 is 1.05 bits per heavy atom. The maximum absolute atomic E-state index is 14.5. The minimum absolute atomic E-state index is 0.0458. The summed E-state index contributed by atoms with van der Waals surface area (Å²) in [5.41, 5.74) is 12.7. The van der Waals surface area contributed by atoms with Gasteiger partial charge in [0, 0.05) is 24.3 Å². The Kier molecular flexibility index (Phi) is 18.8. The summed E-state index contributed by atoms with van der Waals surface area (Å²) in [5, 5.41) is 5.16. The summed E-state index contributed by atoms with van der Waals surface area (Å²) >= 11 is 0. The van der Waals surface area contributed by atoms with E-state index in [0.717, 1.165) is 11.1 Å². The van der Waals surface area contributed by atoms with Crippen molar-refractivity contribution in [2.24, 2.45) is 11.5 Å². The standard InChI is InChI=1S/C41H56N4O12/c1-25(2)13-17-53-27-19-31(55-23-35(46)44-29(40(49)51-5)11-7-9-15-42)37-33(21-27)57-34-22-28(54-18-14-26(3)4)20-32(38(34)39(37)48)56-24-36(47)45-30(41(50)52-6)12-8-10-16-43/h13-14,19-22,29-30H,7-12,15-18,23-24,42-43H2,1-6H3,(H,44,46)(H,45,47)/t29-,30-/m0/s1. The fourth-order valence-electron chi connectivity index (χ4n) is 5.51. The molecule has 0 saturated heterocycles. The number of benzene rings is 2. The highest BCUT2D eigenvalue weighted by atomic mass is 16.5. The van der Waals surface area contributed by atoms with Gasteiger partial charge in [-0.1, -0.05) is 11.1 Å². The van der Waals surface area contributed by atoms with Gasteiger partial charge in [-0.3, -0.25) is 14.4 Å². The first-order valence-corrected chi connectivity index (χ1v) is 18.8. The highest BCUT2D eigenvalue weighted by Crippen LogP contribution is 2.36. The molecule has 0 saturated carbocycles. The number of hydrogen-bond acceptors (Lipinski definition) is 14. The van der Waals surface area contributed by atoms with Crippen molar-refractivity contribution in [1.29, 1.82) is 0 Å². The third-order valence-electron chi connectivity index (χ3n) is 8.49. The van der Waals surface area contributed by atoms with E-state index < -0.39 is 54.5 Å². The molecule has 0 spiro atoms. The third-order valence-corrected chi connectivity index (χ3v) is 8.49. The first-order valence-electron chi connectivity index (χ1n) is 18.8. The van der Waals surface area contributed by atoms with Crippen molar-refractivity contribution in [3.05, 3.63) is 57.8 Å². The predicted octanol–water partition coefficient (Wildman–Crippen LogP) is 3.97. The molecule has 1 heterocycles. The van der Waals surface area contributed by atoms with E-state index in [9.17, 15) is 24.0 Å². The van der Waals surface area contributed by atoms with E-state index in [1.165, 1.54) is 38.5 Å². The van der Waals surface area contributed by atoms with Gasteiger partial charge < -0.3 is 54.9 Å². The number of nitrogens with one attached hydrogen (secondary N) is 2. The lowest BCUT2D eigenvalue weighted by atomic mass is 10.1. The largest absolute Gasteiger partial charge is 0.489 e. The van der Waals surface area contributed by atoms with Crippen LogP contribution in [0.1, 0.15) is 66.2 Å². The maximum atomic E-state index is 14.5. The van der Waals surface area contributed by atoms with Crippen molar-refractivity contribution in [1.82, 2.24) is 10.6 Å². The van der Waals surface area contributed by atoms with Crippen molar-refractivity contribution >= 4 is 45.7 Å². The second-order valence-electron chi connectivity index (χ2n) is 13.6. The molecule has 0 aliphatic rings. The van der Waals surface area contributed by atoms with Crippen LogP contribution in [0.2, 0.25) is 0 Å². The summed E-state index contributed by atoms with van der Waals surface area (Å²) in [5.74, 6) is -2.06. The number of amides is 2. The van der Waals surface area contributed by atoms with Gasteiger partial charge in [-0.2, -0.15) is 0 Å². The molecule has 0 aliphatic carbocycles. The zero-order chi connectivity index (χ0) is 41.9. The number of carbonyl (C=O) groups is 4. The van der Waals surface area contributed by atoms with Crippen molar-refractivity contribution in [2.45, 2.75) is 78.3 Å². The molecule has 16 heteroatoms. The van der Waals surface area contributed by atoms with E-state index in [0.29, 0.717) is 51.6 Å². The molecule has 0 bridgehead atoms. The number of rotatable bonds is 24. The van der Waals surface area contributed by atoms with E-state index in [4.69, 9.17) is 44.3 Å². The quantitative estimate of drug-likeness (QED) is 0.0435. The number of allylic oxidation sites excluding steroid dienone is 2. The van der Waals surface area contributed by atoms with Crippen molar-refractivity contribution in [3.63, 3.8) is 0 Å². The first kappa shape index (κ1) is 45.8. The number of ether oxygens (including phenoxy) is 6. The SMILES string of the molecule is COC(=O)[C@H](CCCCN)NC(=O)COc1cc(OCC=C(C)C)cc2oc3cc(OCC=C(C)C)cc(OCC(=O)N[C@@H](CCCCN)C(=O)OC)c3c(=O)c12. The lowest BCUT2D eigenvalue weighted by Crippen LogP contribution is -2.43. The Hall–Kier alpha value is -5.61. The van der Waals surface area contributed by atoms with Crippen molar-refractivity contribution < 1.29 is 52.0 Å². The monoisotopic (exact) mass is 796 g/mol. The molecule has 6 N–H and O–H groups in total. The highest BCUT2D eigenvalue weighted by Gasteiger charge is 2.25. The zero-order valence-electron chi connectivity index (χ0n) is 33.7. The van der Waals surface area contributed by atoms with Crippen molar-refractivity contribution in [3.8, 4) is 23.0 Å². The first-order chi connectivity index (χ1) is 27.3. The molecule has 16 nitrogen and oxygen atoms in total. The molecular formula is C41H56N4O12. The van der Waals surface area contributed by atoms with E-state index in [2.05, 4.69) is 10.6 Å². The Morgan fingerprint density at radius 3 is 1.40 bits per heavy atom. The van der Waals surface area contributed by atoms with E-state index >= 15 is 0 Å². The van der Waals surface area contributed by atoms with Crippen LogP contribution in [0.3, 0.4) is 0 Å². The molecule has 3 rings (SSSR count). The van der Waals surface area contributed by atoms with E-state index in [1.54, 1.807) is 0 Å². The number of fused-ring (bicyclic) bond motifs is 2. The smallest absolute Gasteiger partial charge is 0.328 e. The molecule has 2 amide bonds. The maximum Gasteiger partial charge on any atom is 0.328 e. The molecule has 3 aromatic rings. The average Bonchev–Trinajstić information content (AvgIpc) is 3.17. The van der Waals surface area contributed by atoms with Crippen LogP contribution in [0.25, 0.3) is 21.9 Å². The average molecular weight is 797 g/mol. The van der Waals surface area contributed by atoms with Crippen LogP contribution in [0.4, 0.5) is 0 Å². The number of methoxy groups -OCH3 is 2. The van der Waals surface area contributed by atoms with Crippen LogP contribution >= 0.6 is 0 Å². The van der Waals surface area contributed by atoms with Gasteiger partial charge in [0.05, 0.1) is 14.2 Å². The molecule has 0 radical (unpaired) electrons. The highest BCUT2D eigenvalue weighted by molar-refractivity contribution is 5.97. The second kappa shape index (κ2) is 23.5. The number of carbonyl (C=O) groups excluding carboxylic acids is 4. The molecule has 2 atom stereocenters. The molecule has 57 heavy (non-hydrogen) atoms. The summed E-state index contributed by atoms with van der Waals surface area (Å²) in [6.45, 7) is 7.75. The lowest BCUT2D eigenvalue weighted by Gasteiger charge is -2.18. The summed E-state index contributed by atoms with van der Waals surface area (Å²) in [6.07, 6.45) is 6.78. The number of esters is 2. The summed E-state index contributed by atoms with van der Waals surface area (Å²) in [6, 6.07) is 4.10. The molecule has 2 aromatic carbocycles. The van der Waals surface area contributed by atoms with Gasteiger partial charge in [-0.15, -0.1) is 0 Å². The zero-order valence-corrected chi connectivity index (χ0v) is 33.7. The van der Waals surface area contributed by atoms with Gasteiger partial charge >= 0.3 is 11.9 Å². The summed E-state index contributed by atoms with van der Waals surface area (Å²) in [7, 11) is 2.45. The predicted molar refractivity (Wildman–Crippen MR) is 215 cm³/mol. The molecule has 0 unspecified atom stereocenters. The summed E-state index contributed by atoms with van der Waals surface area (Å²) in [4.78, 5) is 65.5. The van der Waals surface area contributed by atoms with Crippen LogP contribution < -0.4 is 46.5 Å². The topological polar surface area (TPSA) is 230 Å². The second-order valence-corrected chi connectivity index (χ2v) is 13.6. The number of nitrogens with two attached hydrogens (primary N) is 2. The summed E-state index contributed by atoms with van der Waals surface area (Å²) < 4.78 is 39.8. The molecular weight excluding hydrogens is 740 g/mol. The van der Waals surface area contributed by atoms with Crippen molar-refractivity contribution in [2.75, 3.05) is 53.7 Å². The third kappa shape index (κ3) is 14.4. The Balaban J connectivity index is 2.09. The van der Waals surface area contributed by atoms with Gasteiger partial charge in [0.15, 0.2) is 13.2 Å². The minimum atomic E-state index is -0.930. The van der Waals surface area contributed by atoms with Gasteiger partial charge in [0.1, 0.15) is 70.2 Å². The molecule has 0 aliphatic heterocycles. The van der Waals surface area contributed by atoms with Crippen LogP contribution in [0.5, 0.6) is 23.0 Å². The Morgan fingerprint density at radius 1 is 0.649 bits per heavy atom. The number of hydrogen-bond donors (Lipinski definition) is 4. The van der Waals surface area contributed by atoms with E-state index in [1.807, 2.05) is 39.8 Å². The Bertz CT molecular complexity index is 1830. The molecule has 1 aromatic heterocycles. The van der Waals surface area contributed by atoms with Gasteiger partial charge in [0.25, 0.3) is 11.8 Å². The van der Waals surface area contributed by atoms with Crippen LogP contribution in [0.15, 0.2) is 56.8 Å². The van der Waals surface area contributed by atoms with Gasteiger partial charge in [0.2, 0.25) is 5.43 Å². The van der Waals surface area contributed by atoms with Crippen LogP contribution in [-0.2, 0) is 28.7 Å².